The number of nitrogens with zero attached hydrogens (tertiary/aromatic N) is 2. The summed E-state index contributed by atoms with van der Waals surface area (Å²) in [4.78, 5) is 6.90. The summed E-state index contributed by atoms with van der Waals surface area (Å²) >= 11 is 0. The molecule has 0 fully saturated rings. The molecule has 0 radical (unpaired) electrons. The van der Waals surface area contributed by atoms with Gasteiger partial charge in [-0.25, -0.2) is 0 Å². The molecule has 148 valence electrons. The van der Waals surface area contributed by atoms with E-state index in [1.165, 1.54) is 11.3 Å². The molecule has 0 unspecified atom stereocenters. The highest BCUT2D eigenvalue weighted by atomic mass is 16.3. The number of rotatable bonds is 11. The molecule has 1 aromatic carbocycles. The van der Waals surface area contributed by atoms with E-state index < -0.39 is 0 Å². The van der Waals surface area contributed by atoms with Crippen molar-refractivity contribution in [1.82, 2.24) is 10.6 Å². The lowest BCUT2D eigenvalue weighted by Gasteiger charge is -2.29. The lowest BCUT2D eigenvalue weighted by Crippen LogP contribution is -2.39. The first kappa shape index (κ1) is 22.3. The van der Waals surface area contributed by atoms with Gasteiger partial charge in [-0.1, -0.05) is 26.0 Å². The maximum absolute atomic E-state index is 9.37. The fourth-order valence-corrected chi connectivity index (χ4v) is 3.02. The van der Waals surface area contributed by atoms with E-state index in [-0.39, 0.29) is 12.0 Å². The fourth-order valence-electron chi connectivity index (χ4n) is 3.02. The van der Waals surface area contributed by atoms with Gasteiger partial charge in [-0.15, -0.1) is 0 Å². The summed E-state index contributed by atoms with van der Waals surface area (Å²) < 4.78 is 0. The van der Waals surface area contributed by atoms with Crippen molar-refractivity contribution in [2.24, 2.45) is 10.4 Å². The minimum atomic E-state index is 0.0963. The number of hydrogen-bond donors (Lipinski definition) is 3. The molecule has 0 spiro atoms. The predicted molar refractivity (Wildman–Crippen MR) is 113 cm³/mol. The quantitative estimate of drug-likeness (QED) is 0.418. The molecule has 0 amide bonds. The van der Waals surface area contributed by atoms with Crippen LogP contribution >= 0.6 is 0 Å². The summed E-state index contributed by atoms with van der Waals surface area (Å²) in [5.41, 5.74) is 2.63. The zero-order chi connectivity index (χ0) is 19.4. The molecule has 0 saturated heterocycles. The zero-order valence-electron chi connectivity index (χ0n) is 17.3. The summed E-state index contributed by atoms with van der Waals surface area (Å²) in [6, 6.07) is 8.67. The summed E-state index contributed by atoms with van der Waals surface area (Å²) in [6.07, 6.45) is 3.83. The zero-order valence-corrected chi connectivity index (χ0v) is 17.3. The first-order valence-electron chi connectivity index (χ1n) is 9.89. The predicted octanol–water partition coefficient (Wildman–Crippen LogP) is 3.04. The van der Waals surface area contributed by atoms with Crippen molar-refractivity contribution >= 4 is 11.6 Å². The van der Waals surface area contributed by atoms with Crippen LogP contribution < -0.4 is 15.5 Å². The third kappa shape index (κ3) is 7.24. The van der Waals surface area contributed by atoms with Gasteiger partial charge in [0.25, 0.3) is 0 Å². The Labute approximate surface area is 159 Å². The van der Waals surface area contributed by atoms with Crippen LogP contribution in [-0.2, 0) is 6.42 Å². The first-order chi connectivity index (χ1) is 12.5. The van der Waals surface area contributed by atoms with Gasteiger partial charge in [0.2, 0.25) is 0 Å². The number of aliphatic imine (C=N–C) groups is 1. The Hall–Kier alpha value is -1.75. The van der Waals surface area contributed by atoms with E-state index in [0.29, 0.717) is 0 Å². The van der Waals surface area contributed by atoms with E-state index in [9.17, 15) is 5.11 Å². The van der Waals surface area contributed by atoms with Gasteiger partial charge in [-0.2, -0.15) is 0 Å². The van der Waals surface area contributed by atoms with Gasteiger partial charge in [0.05, 0.1) is 0 Å². The van der Waals surface area contributed by atoms with E-state index in [1.807, 2.05) is 0 Å². The van der Waals surface area contributed by atoms with Gasteiger partial charge in [0.15, 0.2) is 5.96 Å². The molecule has 0 aliphatic heterocycles. The van der Waals surface area contributed by atoms with Gasteiger partial charge < -0.3 is 20.6 Å². The molecule has 0 saturated carbocycles. The second-order valence-corrected chi connectivity index (χ2v) is 7.11. The van der Waals surface area contributed by atoms with Crippen LogP contribution in [0.15, 0.2) is 29.3 Å². The van der Waals surface area contributed by atoms with E-state index >= 15 is 0 Å². The van der Waals surface area contributed by atoms with Crippen LogP contribution in [0, 0.1) is 5.41 Å². The summed E-state index contributed by atoms with van der Waals surface area (Å²) in [5.74, 6) is 0.863. The topological polar surface area (TPSA) is 59.9 Å². The molecular formula is C21H38N4O. The Bertz CT molecular complexity index is 521. The normalized spacial score (nSPS) is 12.2. The number of anilines is 1. The highest BCUT2D eigenvalue weighted by molar-refractivity contribution is 5.79. The molecule has 0 aliphatic rings. The standard InChI is InChI=1S/C21H38N4O/c1-6-21(7-2,14-16-26)17-24-20(22-8-3)23-15-13-18-9-11-19(12-10-18)25(4)5/h9-12,26H,6-8,13-17H2,1-5H3,(H2,22,23,24). The third-order valence-electron chi connectivity index (χ3n) is 5.22. The van der Waals surface area contributed by atoms with Gasteiger partial charge in [0, 0.05) is 46.0 Å². The smallest absolute Gasteiger partial charge is 0.191 e. The molecule has 1 aromatic rings. The molecule has 0 bridgehead atoms. The molecule has 0 aliphatic carbocycles. The van der Waals surface area contributed by atoms with Crippen LogP contribution in [0.1, 0.15) is 45.6 Å². The lowest BCUT2D eigenvalue weighted by atomic mass is 9.79. The average Bonchev–Trinajstić information content (AvgIpc) is 2.65. The van der Waals surface area contributed by atoms with Crippen molar-refractivity contribution in [2.45, 2.75) is 46.5 Å². The Morgan fingerprint density at radius 3 is 2.23 bits per heavy atom. The van der Waals surface area contributed by atoms with Crippen LogP contribution in [0.3, 0.4) is 0 Å². The monoisotopic (exact) mass is 362 g/mol. The highest BCUT2D eigenvalue weighted by Crippen LogP contribution is 2.30. The van der Waals surface area contributed by atoms with E-state index in [0.717, 1.165) is 51.3 Å². The number of guanidine groups is 1. The number of nitrogens with one attached hydrogen (secondary N) is 2. The minimum Gasteiger partial charge on any atom is -0.396 e. The number of aliphatic hydroxyl groups is 1. The summed E-state index contributed by atoms with van der Waals surface area (Å²) in [5, 5.41) is 16.1. The molecule has 26 heavy (non-hydrogen) atoms. The second-order valence-electron chi connectivity index (χ2n) is 7.11. The Balaban J connectivity index is 2.61. The van der Waals surface area contributed by atoms with Crippen molar-refractivity contribution in [1.29, 1.82) is 0 Å². The maximum atomic E-state index is 9.37. The van der Waals surface area contributed by atoms with Crippen molar-refractivity contribution in [2.75, 3.05) is 45.2 Å². The Morgan fingerprint density at radius 1 is 1.08 bits per heavy atom. The maximum Gasteiger partial charge on any atom is 0.191 e. The largest absolute Gasteiger partial charge is 0.396 e. The summed E-state index contributed by atoms with van der Waals surface area (Å²) in [6.45, 7) is 9.11. The molecule has 0 atom stereocenters. The summed E-state index contributed by atoms with van der Waals surface area (Å²) in [7, 11) is 4.11. The Morgan fingerprint density at radius 2 is 1.73 bits per heavy atom. The van der Waals surface area contributed by atoms with Crippen LogP contribution in [0.2, 0.25) is 0 Å². The van der Waals surface area contributed by atoms with Crippen molar-refractivity contribution in [3.05, 3.63) is 29.8 Å². The highest BCUT2D eigenvalue weighted by Gasteiger charge is 2.25. The van der Waals surface area contributed by atoms with Crippen molar-refractivity contribution in [3.8, 4) is 0 Å². The fraction of sp³-hybridized carbons (Fsp3) is 0.667. The minimum absolute atomic E-state index is 0.0963. The van der Waals surface area contributed by atoms with Gasteiger partial charge in [-0.05, 0) is 55.7 Å². The van der Waals surface area contributed by atoms with Crippen LogP contribution in [0.5, 0.6) is 0 Å². The first-order valence-corrected chi connectivity index (χ1v) is 9.89. The number of aliphatic hydroxyl groups excluding tert-OH is 1. The molecule has 0 aromatic heterocycles. The number of hydrogen-bond acceptors (Lipinski definition) is 3. The van der Waals surface area contributed by atoms with Crippen LogP contribution in [0.4, 0.5) is 5.69 Å². The molecule has 3 N–H and O–H groups in total. The van der Waals surface area contributed by atoms with Crippen LogP contribution in [0.25, 0.3) is 0 Å². The third-order valence-corrected chi connectivity index (χ3v) is 5.22. The van der Waals surface area contributed by atoms with E-state index in [2.05, 4.69) is 74.7 Å². The van der Waals surface area contributed by atoms with Gasteiger partial charge in [-0.3, -0.25) is 4.99 Å². The van der Waals surface area contributed by atoms with Crippen molar-refractivity contribution < 1.29 is 5.11 Å². The second kappa shape index (κ2) is 11.8. The molecular weight excluding hydrogens is 324 g/mol. The molecule has 5 nitrogen and oxygen atoms in total. The lowest BCUT2D eigenvalue weighted by molar-refractivity contribution is 0.175. The molecule has 5 heteroatoms. The SMILES string of the molecule is CCNC(=NCC(CC)(CC)CCO)NCCc1ccc(N(C)C)cc1. The molecule has 1 rings (SSSR count). The van der Waals surface area contributed by atoms with Crippen molar-refractivity contribution in [3.63, 3.8) is 0 Å². The number of benzene rings is 1. The van der Waals surface area contributed by atoms with E-state index in [4.69, 9.17) is 4.99 Å². The van der Waals surface area contributed by atoms with Gasteiger partial charge >= 0.3 is 0 Å². The average molecular weight is 363 g/mol. The molecule has 0 heterocycles. The van der Waals surface area contributed by atoms with E-state index in [1.54, 1.807) is 0 Å². The Kier molecular flexibility index (Phi) is 10.1. The van der Waals surface area contributed by atoms with Crippen LogP contribution in [-0.4, -0.2) is 51.4 Å². The van der Waals surface area contributed by atoms with Gasteiger partial charge in [0.1, 0.15) is 0 Å².